The Hall–Kier alpha value is -0.640. The molecule has 0 saturated carbocycles. The second-order valence-corrected chi connectivity index (χ2v) is 4.61. The van der Waals surface area contributed by atoms with Crippen LogP contribution in [0.25, 0.3) is 0 Å². The van der Waals surface area contributed by atoms with Gasteiger partial charge in [-0.1, -0.05) is 6.92 Å². The molecule has 68 valence electrons. The fraction of sp³-hybridized carbons (Fsp3) is 0.625. The lowest BCUT2D eigenvalue weighted by molar-refractivity contribution is -0.671. The lowest BCUT2D eigenvalue weighted by atomic mass is 10.7. The molecule has 1 unspecified atom stereocenters. The van der Waals surface area contributed by atoms with Crippen molar-refractivity contribution >= 4 is 10.8 Å². The van der Waals surface area contributed by atoms with E-state index in [1.165, 1.54) is 0 Å². The van der Waals surface area contributed by atoms with Crippen LogP contribution in [0.3, 0.4) is 0 Å². The normalized spacial score (nSPS) is 13.2. The highest BCUT2D eigenvalue weighted by molar-refractivity contribution is 7.84. The van der Waals surface area contributed by atoms with E-state index in [0.717, 1.165) is 18.1 Å². The summed E-state index contributed by atoms with van der Waals surface area (Å²) >= 11 is 0. The van der Waals surface area contributed by atoms with Crippen molar-refractivity contribution in [1.82, 2.24) is 4.57 Å². The summed E-state index contributed by atoms with van der Waals surface area (Å²) in [6, 6.07) is 0. The van der Waals surface area contributed by atoms with E-state index >= 15 is 0 Å². The summed E-state index contributed by atoms with van der Waals surface area (Å²) in [7, 11) is 1.33. The van der Waals surface area contributed by atoms with Gasteiger partial charge in [-0.15, -0.1) is 0 Å². The highest BCUT2D eigenvalue weighted by Gasteiger charge is 2.01. The Kier molecular flexibility index (Phi) is 3.47. The quantitative estimate of drug-likeness (QED) is 0.613. The average Bonchev–Trinajstić information content (AvgIpc) is 2.47. The zero-order valence-electron chi connectivity index (χ0n) is 7.56. The predicted molar refractivity (Wildman–Crippen MR) is 49.2 cm³/mol. The van der Waals surface area contributed by atoms with Crippen LogP contribution < -0.4 is 4.57 Å². The van der Waals surface area contributed by atoms with E-state index < -0.39 is 10.8 Å². The Labute approximate surface area is 75.5 Å². The van der Waals surface area contributed by atoms with E-state index in [-0.39, 0.29) is 0 Å². The molecular formula is C8H15N2OS+. The molecule has 4 heteroatoms. The Morgan fingerprint density at radius 1 is 1.58 bits per heavy atom. The monoisotopic (exact) mass is 187 g/mol. The topological polar surface area (TPSA) is 25.9 Å². The van der Waals surface area contributed by atoms with Gasteiger partial charge in [-0.2, -0.15) is 0 Å². The van der Waals surface area contributed by atoms with Crippen molar-refractivity contribution in [3.8, 4) is 0 Å². The van der Waals surface area contributed by atoms with E-state index in [2.05, 4.69) is 0 Å². The zero-order valence-corrected chi connectivity index (χ0v) is 8.38. The Morgan fingerprint density at radius 3 is 2.83 bits per heavy atom. The molecule has 1 atom stereocenters. The van der Waals surface area contributed by atoms with E-state index in [1.54, 1.807) is 0 Å². The summed E-state index contributed by atoms with van der Waals surface area (Å²) in [5.74, 6) is 1.51. The maximum atomic E-state index is 11.1. The average molecular weight is 187 g/mol. The maximum Gasteiger partial charge on any atom is 0.243 e. The Bertz CT molecular complexity index is 270. The minimum absolute atomic E-state index is 0.648. The first-order chi connectivity index (χ1) is 5.72. The molecule has 1 rings (SSSR count). The molecule has 0 aliphatic heterocycles. The van der Waals surface area contributed by atoms with Crippen LogP contribution in [-0.2, 0) is 24.4 Å². The van der Waals surface area contributed by atoms with Gasteiger partial charge in [-0.3, -0.25) is 4.21 Å². The van der Waals surface area contributed by atoms with E-state index in [4.69, 9.17) is 0 Å². The van der Waals surface area contributed by atoms with Gasteiger partial charge in [-0.05, 0) is 0 Å². The molecule has 0 fully saturated rings. The van der Waals surface area contributed by atoms with Crippen LogP contribution in [0.15, 0.2) is 18.7 Å². The molecule has 0 saturated heterocycles. The van der Waals surface area contributed by atoms with Gasteiger partial charge in [-0.25, -0.2) is 9.13 Å². The molecule has 0 spiro atoms. The smallest absolute Gasteiger partial charge is 0.243 e. The second-order valence-electron chi connectivity index (χ2n) is 2.75. The Morgan fingerprint density at radius 2 is 2.33 bits per heavy atom. The zero-order chi connectivity index (χ0) is 8.97. The lowest BCUT2D eigenvalue weighted by Gasteiger charge is -1.94. The van der Waals surface area contributed by atoms with Gasteiger partial charge in [0.15, 0.2) is 0 Å². The van der Waals surface area contributed by atoms with Crippen molar-refractivity contribution in [2.75, 3.05) is 11.5 Å². The molecule has 12 heavy (non-hydrogen) atoms. The van der Waals surface area contributed by atoms with Crippen LogP contribution in [-0.4, -0.2) is 20.3 Å². The second kappa shape index (κ2) is 4.40. The number of rotatable bonds is 4. The predicted octanol–water partition coefficient (Wildman–Crippen LogP) is 0.0812. The maximum absolute atomic E-state index is 11.1. The van der Waals surface area contributed by atoms with Crippen molar-refractivity contribution in [3.05, 3.63) is 18.7 Å². The van der Waals surface area contributed by atoms with Crippen LogP contribution in [0.2, 0.25) is 0 Å². The summed E-state index contributed by atoms with van der Waals surface area (Å²) in [6.07, 6.45) is 5.97. The first-order valence-electron chi connectivity index (χ1n) is 4.08. The third kappa shape index (κ3) is 2.77. The van der Waals surface area contributed by atoms with E-state index in [0.29, 0.717) is 0 Å². The molecule has 0 amide bonds. The van der Waals surface area contributed by atoms with Crippen molar-refractivity contribution in [2.45, 2.75) is 13.5 Å². The van der Waals surface area contributed by atoms with Crippen LogP contribution in [0.1, 0.15) is 6.92 Å². The highest BCUT2D eigenvalue weighted by Crippen LogP contribution is 1.87. The molecule has 0 aromatic carbocycles. The van der Waals surface area contributed by atoms with Gasteiger partial charge in [0.1, 0.15) is 18.9 Å². The third-order valence-corrected chi connectivity index (χ3v) is 3.00. The molecular weight excluding hydrogens is 172 g/mol. The molecule has 0 bridgehead atoms. The van der Waals surface area contributed by atoms with Gasteiger partial charge in [0.05, 0.1) is 12.8 Å². The van der Waals surface area contributed by atoms with Gasteiger partial charge in [0.2, 0.25) is 6.33 Å². The number of hydrogen-bond acceptors (Lipinski definition) is 1. The largest absolute Gasteiger partial charge is 0.259 e. The molecule has 1 heterocycles. The van der Waals surface area contributed by atoms with Gasteiger partial charge >= 0.3 is 0 Å². The first-order valence-corrected chi connectivity index (χ1v) is 5.57. The fourth-order valence-electron chi connectivity index (χ4n) is 0.986. The van der Waals surface area contributed by atoms with Crippen molar-refractivity contribution < 1.29 is 8.78 Å². The van der Waals surface area contributed by atoms with Crippen molar-refractivity contribution in [1.29, 1.82) is 0 Å². The molecule has 1 aromatic rings. The van der Waals surface area contributed by atoms with Crippen molar-refractivity contribution in [3.63, 3.8) is 0 Å². The summed E-state index contributed by atoms with van der Waals surface area (Å²) in [6.45, 7) is 2.80. The van der Waals surface area contributed by atoms with Crippen LogP contribution in [0.5, 0.6) is 0 Å². The molecule has 0 N–H and O–H groups in total. The molecule has 0 aliphatic rings. The highest BCUT2D eigenvalue weighted by atomic mass is 32.2. The number of aromatic nitrogens is 2. The SMILES string of the molecule is CCS(=O)CCn1cc[n+](C)c1. The van der Waals surface area contributed by atoms with E-state index in [9.17, 15) is 4.21 Å². The van der Waals surface area contributed by atoms with Gasteiger partial charge < -0.3 is 0 Å². The number of hydrogen-bond donors (Lipinski definition) is 0. The molecule has 0 aliphatic carbocycles. The standard InChI is InChI=1S/C8H15N2OS/c1-3-12(11)7-6-10-5-4-9(2)8-10/h4-5,8H,3,6-7H2,1-2H3/q+1. The molecule has 1 aromatic heterocycles. The van der Waals surface area contributed by atoms with Crippen LogP contribution in [0.4, 0.5) is 0 Å². The summed E-state index contributed by atoms with van der Waals surface area (Å²) in [5, 5.41) is 0. The summed E-state index contributed by atoms with van der Waals surface area (Å²) in [5.41, 5.74) is 0. The van der Waals surface area contributed by atoms with Crippen molar-refractivity contribution in [2.24, 2.45) is 7.05 Å². The lowest BCUT2D eigenvalue weighted by Crippen LogP contribution is -2.24. The first kappa shape index (κ1) is 9.45. The summed E-state index contributed by atoms with van der Waals surface area (Å²) < 4.78 is 15.1. The van der Waals surface area contributed by atoms with Crippen LogP contribution >= 0.6 is 0 Å². The summed E-state index contributed by atoms with van der Waals surface area (Å²) in [4.78, 5) is 0. The third-order valence-electron chi connectivity index (χ3n) is 1.72. The molecule has 3 nitrogen and oxygen atoms in total. The number of aryl methyl sites for hydroxylation is 2. The Balaban J connectivity index is 2.38. The number of nitrogens with zero attached hydrogens (tertiary/aromatic N) is 2. The minimum atomic E-state index is -0.648. The van der Waals surface area contributed by atoms with E-state index in [1.807, 2.05) is 41.8 Å². The van der Waals surface area contributed by atoms with Crippen LogP contribution in [0, 0.1) is 0 Å². The molecule has 0 radical (unpaired) electrons. The fourth-order valence-corrected chi connectivity index (χ4v) is 1.69. The van der Waals surface area contributed by atoms with Gasteiger partial charge in [0.25, 0.3) is 0 Å². The van der Waals surface area contributed by atoms with Gasteiger partial charge in [0, 0.05) is 16.6 Å². The number of imidazole rings is 1. The minimum Gasteiger partial charge on any atom is -0.259 e.